The zero-order chi connectivity index (χ0) is 10.1. The van der Waals surface area contributed by atoms with Crippen LogP contribution in [0.15, 0.2) is 0 Å². The molecule has 0 saturated carbocycles. The summed E-state index contributed by atoms with van der Waals surface area (Å²) in [6.45, 7) is 9.21. The zero-order valence-electron chi connectivity index (χ0n) is 9.18. The normalized spacial score (nSPS) is 30.2. The highest BCUT2D eigenvalue weighted by Crippen LogP contribution is 2.27. The number of rotatable bonds is 1. The third kappa shape index (κ3) is 2.53. The van der Waals surface area contributed by atoms with Crippen molar-refractivity contribution in [2.45, 2.75) is 46.6 Å². The van der Waals surface area contributed by atoms with Gasteiger partial charge in [-0.1, -0.05) is 20.8 Å². The van der Waals surface area contributed by atoms with Crippen molar-refractivity contribution in [3.63, 3.8) is 0 Å². The zero-order valence-corrected chi connectivity index (χ0v) is 9.18. The Morgan fingerprint density at radius 2 is 2.00 bits per heavy atom. The van der Waals surface area contributed by atoms with Gasteiger partial charge in [-0.05, 0) is 26.3 Å². The van der Waals surface area contributed by atoms with E-state index in [1.165, 1.54) is 0 Å². The fraction of sp³-hybridized carbons (Fsp3) is 0.909. The maximum absolute atomic E-state index is 12.0. The van der Waals surface area contributed by atoms with E-state index >= 15 is 0 Å². The minimum absolute atomic E-state index is 0.183. The molecule has 1 N–H and O–H groups in total. The van der Waals surface area contributed by atoms with E-state index in [0.29, 0.717) is 11.8 Å². The van der Waals surface area contributed by atoms with E-state index < -0.39 is 0 Å². The van der Waals surface area contributed by atoms with Crippen molar-refractivity contribution in [2.75, 3.05) is 6.54 Å². The van der Waals surface area contributed by atoms with E-state index in [2.05, 4.69) is 12.2 Å². The molecule has 0 spiro atoms. The minimum atomic E-state index is -0.183. The molecule has 1 rings (SSSR count). The lowest BCUT2D eigenvalue weighted by atomic mass is 9.77. The van der Waals surface area contributed by atoms with Crippen LogP contribution in [-0.2, 0) is 4.79 Å². The van der Waals surface area contributed by atoms with Gasteiger partial charge in [-0.15, -0.1) is 0 Å². The molecule has 76 valence electrons. The first-order valence-electron chi connectivity index (χ1n) is 5.20. The van der Waals surface area contributed by atoms with Gasteiger partial charge in [0.2, 0.25) is 0 Å². The molecule has 0 aliphatic carbocycles. The number of nitrogens with one attached hydrogen (secondary N) is 1. The molecular formula is C11H21NO. The van der Waals surface area contributed by atoms with Crippen LogP contribution in [0, 0.1) is 11.3 Å². The fourth-order valence-electron chi connectivity index (χ4n) is 1.96. The van der Waals surface area contributed by atoms with Crippen LogP contribution in [0.4, 0.5) is 0 Å². The van der Waals surface area contributed by atoms with Crippen molar-refractivity contribution in [3.8, 4) is 0 Å². The molecule has 2 nitrogen and oxygen atoms in total. The third-order valence-electron chi connectivity index (χ3n) is 2.84. The second-order valence-electron chi connectivity index (χ2n) is 5.11. The highest BCUT2D eigenvalue weighted by molar-refractivity contribution is 5.86. The maximum atomic E-state index is 12.0. The molecule has 1 saturated heterocycles. The number of carbonyl (C=O) groups is 1. The number of ketones is 1. The van der Waals surface area contributed by atoms with Crippen LogP contribution >= 0.6 is 0 Å². The molecule has 0 bridgehead atoms. The molecule has 0 aromatic carbocycles. The van der Waals surface area contributed by atoms with Crippen LogP contribution in [0.25, 0.3) is 0 Å². The van der Waals surface area contributed by atoms with E-state index in [-0.39, 0.29) is 11.3 Å². The average Bonchev–Trinajstić information content (AvgIpc) is 2.02. The predicted molar refractivity (Wildman–Crippen MR) is 54.7 cm³/mol. The van der Waals surface area contributed by atoms with Gasteiger partial charge >= 0.3 is 0 Å². The minimum Gasteiger partial charge on any atom is -0.314 e. The van der Waals surface area contributed by atoms with Gasteiger partial charge in [-0.3, -0.25) is 4.79 Å². The molecule has 13 heavy (non-hydrogen) atoms. The summed E-state index contributed by atoms with van der Waals surface area (Å²) >= 11 is 0. The summed E-state index contributed by atoms with van der Waals surface area (Å²) in [5, 5.41) is 3.36. The van der Waals surface area contributed by atoms with Gasteiger partial charge in [0.1, 0.15) is 5.78 Å². The molecule has 0 radical (unpaired) electrons. The maximum Gasteiger partial charge on any atom is 0.142 e. The molecule has 1 heterocycles. The molecule has 0 unspecified atom stereocenters. The van der Waals surface area contributed by atoms with Crippen LogP contribution in [0.5, 0.6) is 0 Å². The molecule has 1 aliphatic rings. The first kappa shape index (κ1) is 10.7. The number of hydrogen-bond acceptors (Lipinski definition) is 2. The third-order valence-corrected chi connectivity index (χ3v) is 2.84. The quantitative estimate of drug-likeness (QED) is 0.673. The number of carbonyl (C=O) groups excluding carboxylic acids is 1. The molecular weight excluding hydrogens is 162 g/mol. The van der Waals surface area contributed by atoms with Crippen molar-refractivity contribution in [1.29, 1.82) is 0 Å². The first-order valence-corrected chi connectivity index (χ1v) is 5.20. The fourth-order valence-corrected chi connectivity index (χ4v) is 1.96. The highest BCUT2D eigenvalue weighted by atomic mass is 16.1. The van der Waals surface area contributed by atoms with Crippen molar-refractivity contribution < 1.29 is 4.79 Å². The van der Waals surface area contributed by atoms with Gasteiger partial charge < -0.3 is 5.32 Å². The molecule has 1 fully saturated rings. The average molecular weight is 183 g/mol. The van der Waals surface area contributed by atoms with Crippen molar-refractivity contribution in [3.05, 3.63) is 0 Å². The summed E-state index contributed by atoms with van der Waals surface area (Å²) < 4.78 is 0. The summed E-state index contributed by atoms with van der Waals surface area (Å²) in [5.74, 6) is 0.640. The Morgan fingerprint density at radius 3 is 2.46 bits per heavy atom. The molecule has 2 atom stereocenters. The van der Waals surface area contributed by atoms with Gasteiger partial charge in [-0.2, -0.15) is 0 Å². The standard InChI is InChI=1S/C11H21NO/c1-8-9(6-5-7-12-8)10(13)11(2,3)4/h8-9,12H,5-7H2,1-4H3/t8-,9-/m1/s1. The number of hydrogen-bond donors (Lipinski definition) is 1. The monoisotopic (exact) mass is 183 g/mol. The Balaban J connectivity index is 2.64. The van der Waals surface area contributed by atoms with Gasteiger partial charge in [0.15, 0.2) is 0 Å². The van der Waals surface area contributed by atoms with Gasteiger partial charge in [0, 0.05) is 17.4 Å². The molecule has 2 heteroatoms. The summed E-state index contributed by atoms with van der Waals surface area (Å²) in [6.07, 6.45) is 2.20. The predicted octanol–water partition coefficient (Wildman–Crippen LogP) is 1.99. The van der Waals surface area contributed by atoms with Gasteiger partial charge in [0.25, 0.3) is 0 Å². The van der Waals surface area contributed by atoms with Gasteiger partial charge in [-0.25, -0.2) is 0 Å². The Labute approximate surface area is 81.1 Å². The van der Waals surface area contributed by atoms with E-state index in [4.69, 9.17) is 0 Å². The second kappa shape index (κ2) is 3.79. The second-order valence-corrected chi connectivity index (χ2v) is 5.11. The van der Waals surface area contributed by atoms with E-state index in [9.17, 15) is 4.79 Å². The van der Waals surface area contributed by atoms with Crippen LogP contribution in [-0.4, -0.2) is 18.4 Å². The summed E-state index contributed by atoms with van der Waals surface area (Å²) in [5.41, 5.74) is -0.183. The topological polar surface area (TPSA) is 29.1 Å². The first-order chi connectivity index (χ1) is 5.93. The SMILES string of the molecule is C[C@H]1NCCC[C@H]1C(=O)C(C)(C)C. The number of Topliss-reactive ketones (excluding diaryl/α,β-unsaturated/α-hetero) is 1. The van der Waals surface area contributed by atoms with Crippen LogP contribution in [0.2, 0.25) is 0 Å². The molecule has 0 aromatic rings. The summed E-state index contributed by atoms with van der Waals surface area (Å²) in [6, 6.07) is 0.362. The smallest absolute Gasteiger partial charge is 0.142 e. The molecule has 1 aliphatic heterocycles. The van der Waals surface area contributed by atoms with Crippen LogP contribution < -0.4 is 5.32 Å². The Bertz CT molecular complexity index is 193. The highest BCUT2D eigenvalue weighted by Gasteiger charge is 2.34. The molecule has 0 aromatic heterocycles. The molecule has 0 amide bonds. The Kier molecular flexibility index (Phi) is 3.12. The van der Waals surface area contributed by atoms with Crippen molar-refractivity contribution in [2.24, 2.45) is 11.3 Å². The lowest BCUT2D eigenvalue weighted by Crippen LogP contribution is -2.45. The van der Waals surface area contributed by atoms with E-state index in [1.54, 1.807) is 0 Å². The van der Waals surface area contributed by atoms with E-state index in [0.717, 1.165) is 19.4 Å². The Hall–Kier alpha value is -0.370. The van der Waals surface area contributed by atoms with Gasteiger partial charge in [0.05, 0.1) is 0 Å². The number of piperidine rings is 1. The lowest BCUT2D eigenvalue weighted by Gasteiger charge is -2.33. The lowest BCUT2D eigenvalue weighted by molar-refractivity contribution is -0.132. The van der Waals surface area contributed by atoms with Crippen LogP contribution in [0.1, 0.15) is 40.5 Å². The van der Waals surface area contributed by atoms with Crippen LogP contribution in [0.3, 0.4) is 0 Å². The summed E-state index contributed by atoms with van der Waals surface area (Å²) in [7, 11) is 0. The van der Waals surface area contributed by atoms with E-state index in [1.807, 2.05) is 20.8 Å². The largest absolute Gasteiger partial charge is 0.314 e. The Morgan fingerprint density at radius 1 is 1.38 bits per heavy atom. The van der Waals surface area contributed by atoms with Crippen molar-refractivity contribution >= 4 is 5.78 Å². The van der Waals surface area contributed by atoms with Crippen molar-refractivity contribution in [1.82, 2.24) is 5.32 Å². The summed E-state index contributed by atoms with van der Waals surface area (Å²) in [4.78, 5) is 12.0.